The smallest absolute Gasteiger partial charge is 0.220 e. The number of carbonyl (C=O) groups excluding carboxylic acids is 1. The van der Waals surface area contributed by atoms with Crippen molar-refractivity contribution in [1.82, 2.24) is 5.32 Å². The van der Waals surface area contributed by atoms with E-state index in [0.29, 0.717) is 6.42 Å². The summed E-state index contributed by atoms with van der Waals surface area (Å²) >= 11 is 0. The quantitative estimate of drug-likeness (QED) is 0.0862. The number of hydrogen-bond donors (Lipinski definition) is 2. The fourth-order valence-corrected chi connectivity index (χ4v) is 6.25. The number of hydrogen-bond acceptors (Lipinski definition) is 4. The van der Waals surface area contributed by atoms with Gasteiger partial charge < -0.3 is 19.9 Å². The van der Waals surface area contributed by atoms with E-state index < -0.39 is 11.8 Å². The largest absolute Gasteiger partial charge is 0.394 e. The topological polar surface area (TPSA) is 67.8 Å². The Kier molecular flexibility index (Phi) is 24.2. The lowest BCUT2D eigenvalue weighted by Gasteiger charge is -2.26. The second kappa shape index (κ2) is 25.8. The van der Waals surface area contributed by atoms with Crippen molar-refractivity contribution in [2.24, 2.45) is 0 Å². The number of aliphatic hydroxyl groups is 1. The van der Waals surface area contributed by atoms with E-state index in [-0.39, 0.29) is 24.7 Å². The number of amides is 1. The monoisotopic (exact) mass is 582 g/mol. The normalized spacial score (nSPS) is 19.0. The highest BCUT2D eigenvalue weighted by atomic mass is 16.8. The zero-order chi connectivity index (χ0) is 30.0. The first-order valence-electron chi connectivity index (χ1n) is 18.2. The molecular weight excluding hydrogens is 510 g/mol. The Morgan fingerprint density at radius 3 is 1.44 bits per heavy atom. The van der Waals surface area contributed by atoms with Crippen LogP contribution in [0, 0.1) is 0 Å². The van der Waals surface area contributed by atoms with Crippen LogP contribution >= 0.6 is 0 Å². The van der Waals surface area contributed by atoms with Gasteiger partial charge in [-0.3, -0.25) is 4.79 Å². The van der Waals surface area contributed by atoms with Crippen LogP contribution in [-0.2, 0) is 14.3 Å². The molecule has 0 aromatic heterocycles. The summed E-state index contributed by atoms with van der Waals surface area (Å²) in [6.07, 6.45) is 32.5. The van der Waals surface area contributed by atoms with Crippen molar-refractivity contribution < 1.29 is 19.4 Å². The lowest BCUT2D eigenvalue weighted by molar-refractivity contribution is -0.151. The van der Waals surface area contributed by atoms with E-state index >= 15 is 0 Å². The number of unbranched alkanes of at least 4 members (excludes halogenated alkanes) is 22. The predicted octanol–water partition coefficient (Wildman–Crippen LogP) is 10.2. The van der Waals surface area contributed by atoms with Gasteiger partial charge in [0.25, 0.3) is 0 Å². The molecule has 1 aliphatic rings. The lowest BCUT2D eigenvalue weighted by Crippen LogP contribution is -2.49. The van der Waals surface area contributed by atoms with Crippen molar-refractivity contribution in [1.29, 1.82) is 0 Å². The first-order valence-corrected chi connectivity index (χ1v) is 18.2. The summed E-state index contributed by atoms with van der Waals surface area (Å²) in [4.78, 5) is 12.7. The van der Waals surface area contributed by atoms with Crippen LogP contribution in [0.25, 0.3) is 0 Å². The van der Waals surface area contributed by atoms with E-state index in [1.54, 1.807) is 0 Å². The second-order valence-electron chi connectivity index (χ2n) is 13.3. The van der Waals surface area contributed by atoms with Gasteiger partial charge >= 0.3 is 0 Å². The maximum absolute atomic E-state index is 12.7. The fraction of sp³-hybridized carbons (Fsp3) is 0.972. The highest BCUT2D eigenvalue weighted by molar-refractivity contribution is 5.76. The molecule has 1 amide bonds. The fourth-order valence-electron chi connectivity index (χ4n) is 6.25. The van der Waals surface area contributed by atoms with E-state index in [0.717, 1.165) is 25.7 Å². The summed E-state index contributed by atoms with van der Waals surface area (Å²) in [5.74, 6) is -0.657. The van der Waals surface area contributed by atoms with Gasteiger partial charge in [0, 0.05) is 6.42 Å². The standard InChI is InChI=1S/C36H71NO4/c1-5-7-9-11-13-15-16-17-18-19-20-22-24-26-28-30-34(39)37-32(31-38)35-33(40-36(3,4)41-35)29-27-25-23-21-14-12-10-8-6-2/h32-33,35,38H,5-31H2,1-4H3,(H,37,39). The Labute approximate surface area is 255 Å². The molecule has 5 nitrogen and oxygen atoms in total. The Morgan fingerprint density at radius 1 is 0.634 bits per heavy atom. The van der Waals surface area contributed by atoms with E-state index in [1.165, 1.54) is 135 Å². The molecule has 244 valence electrons. The Bertz CT molecular complexity index is 596. The molecule has 0 spiro atoms. The summed E-state index contributed by atoms with van der Waals surface area (Å²) in [5, 5.41) is 13.2. The minimum absolute atomic E-state index is 0.0221. The van der Waals surface area contributed by atoms with Crippen LogP contribution in [0.2, 0.25) is 0 Å². The van der Waals surface area contributed by atoms with Crippen LogP contribution in [0.1, 0.15) is 195 Å². The lowest BCUT2D eigenvalue weighted by atomic mass is 9.99. The van der Waals surface area contributed by atoms with Gasteiger partial charge in [-0.05, 0) is 26.7 Å². The molecule has 3 unspecified atom stereocenters. The summed E-state index contributed by atoms with van der Waals surface area (Å²) in [7, 11) is 0. The Hall–Kier alpha value is -0.650. The van der Waals surface area contributed by atoms with Crippen LogP contribution in [-0.4, -0.2) is 41.7 Å². The molecule has 5 heteroatoms. The number of carbonyl (C=O) groups is 1. The number of nitrogens with one attached hydrogen (secondary N) is 1. The average Bonchev–Trinajstić information content (AvgIpc) is 3.26. The molecule has 1 aliphatic heterocycles. The van der Waals surface area contributed by atoms with Crippen LogP contribution in [0.4, 0.5) is 0 Å². The number of ether oxygens (including phenoxy) is 2. The van der Waals surface area contributed by atoms with Crippen molar-refractivity contribution in [2.45, 2.75) is 219 Å². The predicted molar refractivity (Wildman–Crippen MR) is 174 cm³/mol. The van der Waals surface area contributed by atoms with E-state index in [2.05, 4.69) is 19.2 Å². The van der Waals surface area contributed by atoms with Crippen molar-refractivity contribution in [2.75, 3.05) is 6.61 Å². The third kappa shape index (κ3) is 20.8. The zero-order valence-electron chi connectivity index (χ0n) is 28.0. The molecular formula is C36H71NO4. The molecule has 2 N–H and O–H groups in total. The zero-order valence-corrected chi connectivity index (χ0v) is 28.0. The summed E-state index contributed by atoms with van der Waals surface area (Å²) in [6, 6.07) is -0.413. The van der Waals surface area contributed by atoms with Gasteiger partial charge in [-0.2, -0.15) is 0 Å². The molecule has 0 bridgehead atoms. The molecule has 1 fully saturated rings. The van der Waals surface area contributed by atoms with Gasteiger partial charge in [0.05, 0.1) is 18.8 Å². The van der Waals surface area contributed by atoms with Crippen LogP contribution in [0.15, 0.2) is 0 Å². The van der Waals surface area contributed by atoms with E-state index in [1.807, 2.05) is 13.8 Å². The Morgan fingerprint density at radius 2 is 1.02 bits per heavy atom. The maximum atomic E-state index is 12.7. The third-order valence-electron chi connectivity index (χ3n) is 8.76. The first kappa shape index (κ1) is 38.4. The van der Waals surface area contributed by atoms with Crippen molar-refractivity contribution in [3.63, 3.8) is 0 Å². The first-order chi connectivity index (χ1) is 19.9. The molecule has 0 aromatic carbocycles. The molecule has 0 radical (unpaired) electrons. The molecule has 0 aliphatic carbocycles. The van der Waals surface area contributed by atoms with E-state index in [9.17, 15) is 9.90 Å². The molecule has 1 saturated heterocycles. The van der Waals surface area contributed by atoms with Gasteiger partial charge in [-0.25, -0.2) is 0 Å². The van der Waals surface area contributed by atoms with Gasteiger partial charge in [-0.1, -0.05) is 162 Å². The van der Waals surface area contributed by atoms with Gasteiger partial charge in [-0.15, -0.1) is 0 Å². The van der Waals surface area contributed by atoms with Gasteiger partial charge in [0.2, 0.25) is 5.91 Å². The molecule has 41 heavy (non-hydrogen) atoms. The number of aliphatic hydroxyl groups excluding tert-OH is 1. The maximum Gasteiger partial charge on any atom is 0.220 e. The number of rotatable bonds is 29. The summed E-state index contributed by atoms with van der Waals surface area (Å²) in [5.41, 5.74) is 0. The Balaban J connectivity index is 2.13. The minimum atomic E-state index is -0.680. The van der Waals surface area contributed by atoms with E-state index in [4.69, 9.17) is 9.47 Å². The second-order valence-corrected chi connectivity index (χ2v) is 13.3. The van der Waals surface area contributed by atoms with Gasteiger partial charge in [0.1, 0.15) is 6.10 Å². The van der Waals surface area contributed by atoms with Crippen molar-refractivity contribution in [3.05, 3.63) is 0 Å². The van der Waals surface area contributed by atoms with Crippen LogP contribution in [0.3, 0.4) is 0 Å². The summed E-state index contributed by atoms with van der Waals surface area (Å²) in [6.45, 7) is 8.28. The summed E-state index contributed by atoms with van der Waals surface area (Å²) < 4.78 is 12.4. The SMILES string of the molecule is CCCCCCCCCCCCCCCCCC(=O)NC(CO)C1OC(C)(C)OC1CCCCCCCCCCC. The molecule has 1 rings (SSSR count). The molecule has 0 saturated carbocycles. The highest BCUT2D eigenvalue weighted by Crippen LogP contribution is 2.33. The highest BCUT2D eigenvalue weighted by Gasteiger charge is 2.44. The minimum Gasteiger partial charge on any atom is -0.394 e. The molecule has 3 atom stereocenters. The average molecular weight is 582 g/mol. The van der Waals surface area contributed by atoms with Gasteiger partial charge in [0.15, 0.2) is 5.79 Å². The third-order valence-corrected chi connectivity index (χ3v) is 8.76. The molecule has 0 aromatic rings. The molecule has 1 heterocycles. The van der Waals surface area contributed by atoms with Crippen molar-refractivity contribution >= 4 is 5.91 Å². The van der Waals surface area contributed by atoms with Crippen LogP contribution in [0.5, 0.6) is 0 Å². The van der Waals surface area contributed by atoms with Crippen molar-refractivity contribution in [3.8, 4) is 0 Å². The van der Waals surface area contributed by atoms with Crippen LogP contribution < -0.4 is 5.32 Å².